The van der Waals surface area contributed by atoms with Crippen LogP contribution in [0, 0.1) is 0 Å². The fourth-order valence-corrected chi connectivity index (χ4v) is 1.40. The highest BCUT2D eigenvalue weighted by Gasteiger charge is 2.19. The largest absolute Gasteiger partial charge is 0.508 e. The lowest BCUT2D eigenvalue weighted by atomic mass is 10.1. The van der Waals surface area contributed by atoms with Gasteiger partial charge >= 0.3 is 17.9 Å². The van der Waals surface area contributed by atoms with Gasteiger partial charge in [-0.05, 0) is 18.2 Å². The molecule has 0 heterocycles. The SMILES string of the molecule is C=CC(=O)OCCOC(=O)c1ccc(O)cc1C(=O)OC. The number of phenols is 1. The number of hydrogen-bond acceptors (Lipinski definition) is 7. The normalized spacial score (nSPS) is 9.57. The van der Waals surface area contributed by atoms with Gasteiger partial charge in [-0.2, -0.15) is 0 Å². The van der Waals surface area contributed by atoms with Gasteiger partial charge in [-0.1, -0.05) is 6.58 Å². The van der Waals surface area contributed by atoms with Crippen molar-refractivity contribution in [3.8, 4) is 5.75 Å². The molecule has 0 bridgehead atoms. The highest BCUT2D eigenvalue weighted by Crippen LogP contribution is 2.18. The molecular formula is C14H14O7. The van der Waals surface area contributed by atoms with Crippen molar-refractivity contribution < 1.29 is 33.7 Å². The molecule has 0 spiro atoms. The van der Waals surface area contributed by atoms with Crippen LogP contribution in [-0.4, -0.2) is 43.3 Å². The predicted molar refractivity (Wildman–Crippen MR) is 70.9 cm³/mol. The molecule has 1 rings (SSSR count). The highest BCUT2D eigenvalue weighted by molar-refractivity contribution is 6.03. The fourth-order valence-electron chi connectivity index (χ4n) is 1.40. The number of methoxy groups -OCH3 is 1. The molecule has 112 valence electrons. The van der Waals surface area contributed by atoms with Gasteiger partial charge in [0.2, 0.25) is 0 Å². The first-order valence-corrected chi connectivity index (χ1v) is 5.87. The fraction of sp³-hybridized carbons (Fsp3) is 0.214. The van der Waals surface area contributed by atoms with Gasteiger partial charge in [0.15, 0.2) is 0 Å². The number of ether oxygens (including phenoxy) is 3. The summed E-state index contributed by atoms with van der Waals surface area (Å²) in [5, 5.41) is 9.34. The molecule has 0 unspecified atom stereocenters. The van der Waals surface area contributed by atoms with Crippen LogP contribution in [0.5, 0.6) is 5.75 Å². The van der Waals surface area contributed by atoms with Crippen molar-refractivity contribution in [1.29, 1.82) is 0 Å². The molecule has 0 saturated heterocycles. The number of carbonyl (C=O) groups is 3. The summed E-state index contributed by atoms with van der Waals surface area (Å²) in [7, 11) is 1.15. The quantitative estimate of drug-likeness (QED) is 0.362. The Labute approximate surface area is 120 Å². The molecule has 0 saturated carbocycles. The smallest absolute Gasteiger partial charge is 0.339 e. The van der Waals surface area contributed by atoms with Gasteiger partial charge in [-0.15, -0.1) is 0 Å². The summed E-state index contributed by atoms with van der Waals surface area (Å²) in [6.07, 6.45) is 0.983. The Morgan fingerprint density at radius 1 is 1.14 bits per heavy atom. The molecule has 7 nitrogen and oxygen atoms in total. The Morgan fingerprint density at radius 2 is 1.81 bits per heavy atom. The molecule has 0 aromatic heterocycles. The predicted octanol–water partition coefficient (Wildman–Crippen LogP) is 1.06. The van der Waals surface area contributed by atoms with Gasteiger partial charge in [0.1, 0.15) is 19.0 Å². The summed E-state index contributed by atoms with van der Waals surface area (Å²) >= 11 is 0. The molecule has 1 aromatic rings. The van der Waals surface area contributed by atoms with Gasteiger partial charge in [0.25, 0.3) is 0 Å². The van der Waals surface area contributed by atoms with E-state index in [4.69, 9.17) is 4.74 Å². The van der Waals surface area contributed by atoms with Crippen molar-refractivity contribution in [2.75, 3.05) is 20.3 Å². The number of carbonyl (C=O) groups excluding carboxylic acids is 3. The van der Waals surface area contributed by atoms with E-state index < -0.39 is 17.9 Å². The maximum absolute atomic E-state index is 11.8. The lowest BCUT2D eigenvalue weighted by molar-refractivity contribution is -0.138. The van der Waals surface area contributed by atoms with Gasteiger partial charge in [-0.3, -0.25) is 0 Å². The maximum atomic E-state index is 11.8. The highest BCUT2D eigenvalue weighted by atomic mass is 16.6. The second-order valence-electron chi connectivity index (χ2n) is 3.73. The zero-order valence-electron chi connectivity index (χ0n) is 11.3. The molecular weight excluding hydrogens is 280 g/mol. The van der Waals surface area contributed by atoms with Crippen molar-refractivity contribution in [2.24, 2.45) is 0 Å². The van der Waals surface area contributed by atoms with E-state index in [1.165, 1.54) is 12.1 Å². The van der Waals surface area contributed by atoms with Crippen LogP contribution in [0.1, 0.15) is 20.7 Å². The van der Waals surface area contributed by atoms with Crippen LogP contribution in [0.4, 0.5) is 0 Å². The van der Waals surface area contributed by atoms with E-state index in [0.29, 0.717) is 0 Å². The van der Waals surface area contributed by atoms with Crippen molar-refractivity contribution in [1.82, 2.24) is 0 Å². The standard InChI is InChI=1S/C14H14O7/c1-3-12(16)20-6-7-21-14(18)10-5-4-9(15)8-11(10)13(17)19-2/h3-5,8,15H,1,6-7H2,2H3. The van der Waals surface area contributed by atoms with Crippen LogP contribution in [0.25, 0.3) is 0 Å². The summed E-state index contributed by atoms with van der Waals surface area (Å²) in [5.74, 6) is -2.40. The van der Waals surface area contributed by atoms with E-state index in [0.717, 1.165) is 19.3 Å². The second-order valence-corrected chi connectivity index (χ2v) is 3.73. The summed E-state index contributed by atoms with van der Waals surface area (Å²) in [5.41, 5.74) is -0.180. The van der Waals surface area contributed by atoms with Crippen LogP contribution in [0.2, 0.25) is 0 Å². The van der Waals surface area contributed by atoms with E-state index in [2.05, 4.69) is 16.1 Å². The summed E-state index contributed by atoms with van der Waals surface area (Å²) in [6.45, 7) is 2.90. The average Bonchev–Trinajstić information content (AvgIpc) is 2.49. The molecule has 0 aliphatic heterocycles. The van der Waals surface area contributed by atoms with Gasteiger partial charge in [0.05, 0.1) is 18.2 Å². The Kier molecular flexibility index (Phi) is 5.94. The molecule has 0 radical (unpaired) electrons. The monoisotopic (exact) mass is 294 g/mol. The number of rotatable bonds is 6. The third kappa shape index (κ3) is 4.64. The van der Waals surface area contributed by atoms with Crippen LogP contribution in [0.15, 0.2) is 30.9 Å². The number of hydrogen-bond donors (Lipinski definition) is 1. The first-order valence-electron chi connectivity index (χ1n) is 5.87. The van der Waals surface area contributed by atoms with Crippen LogP contribution in [-0.2, 0) is 19.0 Å². The number of esters is 3. The molecule has 0 amide bonds. The zero-order valence-corrected chi connectivity index (χ0v) is 11.3. The molecule has 0 aliphatic rings. The Hall–Kier alpha value is -2.83. The molecule has 0 atom stereocenters. The minimum atomic E-state index is -0.801. The summed E-state index contributed by atoms with van der Waals surface area (Å²) in [6, 6.07) is 3.57. The maximum Gasteiger partial charge on any atom is 0.339 e. The van der Waals surface area contributed by atoms with Gasteiger partial charge < -0.3 is 19.3 Å². The molecule has 1 N–H and O–H groups in total. The van der Waals surface area contributed by atoms with E-state index >= 15 is 0 Å². The van der Waals surface area contributed by atoms with E-state index in [9.17, 15) is 19.5 Å². The minimum Gasteiger partial charge on any atom is -0.508 e. The third-order valence-corrected chi connectivity index (χ3v) is 2.36. The molecule has 0 aliphatic carbocycles. The first-order chi connectivity index (χ1) is 9.99. The first kappa shape index (κ1) is 16.2. The lowest BCUT2D eigenvalue weighted by Gasteiger charge is -2.09. The molecule has 7 heteroatoms. The Morgan fingerprint density at radius 3 is 2.43 bits per heavy atom. The van der Waals surface area contributed by atoms with Crippen molar-refractivity contribution in [3.05, 3.63) is 42.0 Å². The topological polar surface area (TPSA) is 99.1 Å². The third-order valence-electron chi connectivity index (χ3n) is 2.36. The van der Waals surface area contributed by atoms with Crippen LogP contribution >= 0.6 is 0 Å². The van der Waals surface area contributed by atoms with Gasteiger partial charge in [0, 0.05) is 6.08 Å². The van der Waals surface area contributed by atoms with Crippen molar-refractivity contribution >= 4 is 17.9 Å². The second kappa shape index (κ2) is 7.68. The van der Waals surface area contributed by atoms with Gasteiger partial charge in [-0.25, -0.2) is 14.4 Å². The van der Waals surface area contributed by atoms with E-state index in [-0.39, 0.29) is 30.1 Å². The average molecular weight is 294 g/mol. The zero-order chi connectivity index (χ0) is 15.8. The summed E-state index contributed by atoms with van der Waals surface area (Å²) < 4.78 is 14.0. The van der Waals surface area contributed by atoms with Crippen LogP contribution in [0.3, 0.4) is 0 Å². The number of phenolic OH excluding ortho intramolecular Hbond substituents is 1. The van der Waals surface area contributed by atoms with Crippen molar-refractivity contribution in [2.45, 2.75) is 0 Å². The minimum absolute atomic E-state index is 0.0605. The van der Waals surface area contributed by atoms with Crippen LogP contribution < -0.4 is 0 Å². The molecule has 21 heavy (non-hydrogen) atoms. The van der Waals surface area contributed by atoms with Crippen molar-refractivity contribution in [3.63, 3.8) is 0 Å². The number of aromatic hydroxyl groups is 1. The Bertz CT molecular complexity index is 562. The summed E-state index contributed by atoms with van der Waals surface area (Å²) in [4.78, 5) is 34.1. The van der Waals surface area contributed by atoms with E-state index in [1.807, 2.05) is 0 Å². The van der Waals surface area contributed by atoms with E-state index in [1.54, 1.807) is 0 Å². The Balaban J connectivity index is 2.71. The molecule has 0 fully saturated rings. The number of benzene rings is 1. The lowest BCUT2D eigenvalue weighted by Crippen LogP contribution is -2.16. The molecule has 1 aromatic carbocycles.